The van der Waals surface area contributed by atoms with Gasteiger partial charge in [0.2, 0.25) is 0 Å². The lowest BCUT2D eigenvalue weighted by Crippen LogP contribution is -2.32. The molecule has 1 N–H and O–H groups in total. The van der Waals surface area contributed by atoms with Gasteiger partial charge in [0.25, 0.3) is 0 Å². The Bertz CT molecular complexity index is 498. The van der Waals surface area contributed by atoms with Gasteiger partial charge in [0.15, 0.2) is 6.61 Å². The number of rotatable bonds is 5. The van der Waals surface area contributed by atoms with Crippen LogP contribution in [0.2, 0.25) is 0 Å². The van der Waals surface area contributed by atoms with Gasteiger partial charge in [-0.2, -0.15) is 0 Å². The molecule has 0 radical (unpaired) electrons. The van der Waals surface area contributed by atoms with Gasteiger partial charge in [-0.3, -0.25) is 0 Å². The van der Waals surface area contributed by atoms with Gasteiger partial charge in [-0.15, -0.1) is 0 Å². The molecule has 21 heavy (non-hydrogen) atoms. The highest BCUT2D eigenvalue weighted by Crippen LogP contribution is 2.18. The SMILES string of the molecule is CCOC(=O)COc1cccc(NC(=O)N2CCCC2)c1. The Morgan fingerprint density at radius 2 is 2.05 bits per heavy atom. The minimum Gasteiger partial charge on any atom is -0.482 e. The summed E-state index contributed by atoms with van der Waals surface area (Å²) in [6, 6.07) is 6.86. The third-order valence-electron chi connectivity index (χ3n) is 3.14. The minimum absolute atomic E-state index is 0.102. The predicted octanol–water partition coefficient (Wildman–Crippen LogP) is 2.26. The second-order valence-corrected chi connectivity index (χ2v) is 4.75. The number of nitrogens with zero attached hydrogens (tertiary/aromatic N) is 1. The van der Waals surface area contributed by atoms with Crippen molar-refractivity contribution in [3.63, 3.8) is 0 Å². The van der Waals surface area contributed by atoms with Crippen molar-refractivity contribution in [1.82, 2.24) is 4.90 Å². The summed E-state index contributed by atoms with van der Waals surface area (Å²) in [5.74, 6) is 0.103. The lowest BCUT2D eigenvalue weighted by atomic mass is 10.3. The molecule has 114 valence electrons. The number of anilines is 1. The van der Waals surface area contributed by atoms with E-state index in [1.54, 1.807) is 36.1 Å². The molecule has 0 spiro atoms. The molecular formula is C15H20N2O4. The fraction of sp³-hybridized carbons (Fsp3) is 0.467. The molecule has 1 heterocycles. The van der Waals surface area contributed by atoms with Crippen LogP contribution in [0.3, 0.4) is 0 Å². The van der Waals surface area contributed by atoms with Crippen molar-refractivity contribution in [1.29, 1.82) is 0 Å². The number of hydrogen-bond donors (Lipinski definition) is 1. The molecule has 2 rings (SSSR count). The maximum absolute atomic E-state index is 12.0. The number of benzene rings is 1. The van der Waals surface area contributed by atoms with Crippen molar-refractivity contribution in [2.45, 2.75) is 19.8 Å². The van der Waals surface area contributed by atoms with Crippen LogP contribution in [0.15, 0.2) is 24.3 Å². The first-order valence-corrected chi connectivity index (χ1v) is 7.13. The summed E-state index contributed by atoms with van der Waals surface area (Å²) in [4.78, 5) is 25.0. The number of amides is 2. The van der Waals surface area contributed by atoms with E-state index in [1.165, 1.54) is 0 Å². The standard InChI is InChI=1S/C15H20N2O4/c1-2-20-14(18)11-21-13-7-5-6-12(10-13)16-15(19)17-8-3-4-9-17/h5-7,10H,2-4,8-9,11H2,1H3,(H,16,19). The van der Waals surface area contributed by atoms with E-state index in [9.17, 15) is 9.59 Å². The largest absolute Gasteiger partial charge is 0.482 e. The summed E-state index contributed by atoms with van der Waals surface area (Å²) in [5, 5.41) is 2.83. The lowest BCUT2D eigenvalue weighted by molar-refractivity contribution is -0.145. The van der Waals surface area contributed by atoms with E-state index in [0.717, 1.165) is 25.9 Å². The van der Waals surface area contributed by atoms with Gasteiger partial charge in [0, 0.05) is 24.8 Å². The van der Waals surface area contributed by atoms with E-state index in [4.69, 9.17) is 9.47 Å². The zero-order valence-corrected chi connectivity index (χ0v) is 12.1. The summed E-state index contributed by atoms with van der Waals surface area (Å²) in [5.41, 5.74) is 0.647. The van der Waals surface area contributed by atoms with E-state index in [1.807, 2.05) is 0 Å². The highest BCUT2D eigenvalue weighted by molar-refractivity contribution is 5.89. The molecule has 0 aromatic heterocycles. The number of nitrogens with one attached hydrogen (secondary N) is 1. The van der Waals surface area contributed by atoms with Gasteiger partial charge >= 0.3 is 12.0 Å². The maximum atomic E-state index is 12.0. The predicted molar refractivity (Wildman–Crippen MR) is 78.4 cm³/mol. The van der Waals surface area contributed by atoms with E-state index < -0.39 is 5.97 Å². The highest BCUT2D eigenvalue weighted by Gasteiger charge is 2.17. The first-order chi connectivity index (χ1) is 10.2. The molecule has 1 aliphatic heterocycles. The fourth-order valence-electron chi connectivity index (χ4n) is 2.13. The van der Waals surface area contributed by atoms with Gasteiger partial charge in [-0.05, 0) is 31.9 Å². The molecule has 1 aliphatic rings. The monoisotopic (exact) mass is 292 g/mol. The Balaban J connectivity index is 1.88. The van der Waals surface area contributed by atoms with Gasteiger partial charge in [0.05, 0.1) is 6.61 Å². The van der Waals surface area contributed by atoms with E-state index in [2.05, 4.69) is 5.32 Å². The average Bonchev–Trinajstić information content (AvgIpc) is 3.00. The van der Waals surface area contributed by atoms with Crippen LogP contribution >= 0.6 is 0 Å². The number of urea groups is 1. The average molecular weight is 292 g/mol. The Kier molecular flexibility index (Phi) is 5.43. The van der Waals surface area contributed by atoms with Crippen LogP contribution in [-0.2, 0) is 9.53 Å². The van der Waals surface area contributed by atoms with Crippen LogP contribution in [0, 0.1) is 0 Å². The Morgan fingerprint density at radius 3 is 2.76 bits per heavy atom. The van der Waals surface area contributed by atoms with Crippen molar-refractivity contribution in [3.8, 4) is 5.75 Å². The molecule has 1 aromatic carbocycles. The minimum atomic E-state index is -0.413. The molecule has 2 amide bonds. The summed E-state index contributed by atoms with van der Waals surface area (Å²) in [6.45, 7) is 3.52. The zero-order chi connectivity index (χ0) is 15.1. The van der Waals surface area contributed by atoms with Crippen LogP contribution < -0.4 is 10.1 Å². The summed E-state index contributed by atoms with van der Waals surface area (Å²) >= 11 is 0. The number of likely N-dealkylation sites (tertiary alicyclic amines) is 1. The second kappa shape index (κ2) is 7.52. The van der Waals surface area contributed by atoms with Crippen LogP contribution in [-0.4, -0.2) is 43.2 Å². The normalized spacial score (nSPS) is 13.9. The fourth-order valence-corrected chi connectivity index (χ4v) is 2.13. The van der Waals surface area contributed by atoms with Crippen LogP contribution in [0.4, 0.5) is 10.5 Å². The molecular weight excluding hydrogens is 272 g/mol. The van der Waals surface area contributed by atoms with Crippen LogP contribution in [0.25, 0.3) is 0 Å². The second-order valence-electron chi connectivity index (χ2n) is 4.75. The third kappa shape index (κ3) is 4.66. The molecule has 6 nitrogen and oxygen atoms in total. The molecule has 0 unspecified atom stereocenters. The topological polar surface area (TPSA) is 67.9 Å². The zero-order valence-electron chi connectivity index (χ0n) is 12.1. The van der Waals surface area contributed by atoms with Crippen molar-refractivity contribution in [2.24, 2.45) is 0 Å². The summed E-state index contributed by atoms with van der Waals surface area (Å²) < 4.78 is 10.1. The molecule has 1 fully saturated rings. The first kappa shape index (κ1) is 15.2. The van der Waals surface area contributed by atoms with Gasteiger partial charge in [-0.1, -0.05) is 6.07 Å². The Morgan fingerprint density at radius 1 is 1.29 bits per heavy atom. The Labute approximate surface area is 124 Å². The number of carbonyl (C=O) groups excluding carboxylic acids is 2. The smallest absolute Gasteiger partial charge is 0.344 e. The highest BCUT2D eigenvalue weighted by atomic mass is 16.6. The number of esters is 1. The van der Waals surface area contributed by atoms with Gasteiger partial charge in [-0.25, -0.2) is 9.59 Å². The Hall–Kier alpha value is -2.24. The molecule has 1 saturated heterocycles. The molecule has 0 bridgehead atoms. The van der Waals surface area contributed by atoms with Crippen molar-refractivity contribution >= 4 is 17.7 Å². The van der Waals surface area contributed by atoms with Gasteiger partial charge < -0.3 is 19.7 Å². The van der Waals surface area contributed by atoms with Crippen LogP contribution in [0.5, 0.6) is 5.75 Å². The molecule has 1 aromatic rings. The number of hydrogen-bond acceptors (Lipinski definition) is 4. The molecule has 0 atom stereocenters. The summed E-state index contributed by atoms with van der Waals surface area (Å²) in [6.07, 6.45) is 2.10. The molecule has 0 aliphatic carbocycles. The van der Waals surface area contributed by atoms with Crippen molar-refractivity contribution < 1.29 is 19.1 Å². The number of ether oxygens (including phenoxy) is 2. The molecule has 0 saturated carbocycles. The lowest BCUT2D eigenvalue weighted by Gasteiger charge is -2.16. The van der Waals surface area contributed by atoms with E-state index in [-0.39, 0.29) is 12.6 Å². The van der Waals surface area contributed by atoms with Crippen molar-refractivity contribution in [3.05, 3.63) is 24.3 Å². The van der Waals surface area contributed by atoms with E-state index in [0.29, 0.717) is 18.0 Å². The third-order valence-corrected chi connectivity index (χ3v) is 3.14. The first-order valence-electron chi connectivity index (χ1n) is 7.13. The quantitative estimate of drug-likeness (QED) is 0.845. The van der Waals surface area contributed by atoms with Gasteiger partial charge in [0.1, 0.15) is 5.75 Å². The molecule has 6 heteroatoms. The van der Waals surface area contributed by atoms with Crippen LogP contribution in [0.1, 0.15) is 19.8 Å². The van der Waals surface area contributed by atoms with E-state index >= 15 is 0 Å². The van der Waals surface area contributed by atoms with Crippen molar-refractivity contribution in [2.75, 3.05) is 31.6 Å². The number of carbonyl (C=O) groups is 2. The maximum Gasteiger partial charge on any atom is 0.344 e. The summed E-state index contributed by atoms with van der Waals surface area (Å²) in [7, 11) is 0.